The second-order valence-electron chi connectivity index (χ2n) is 2.29. The third-order valence-corrected chi connectivity index (χ3v) is 1.85. The van der Waals surface area contributed by atoms with Crippen molar-refractivity contribution in [2.24, 2.45) is 0 Å². The normalized spacial score (nSPS) is 10.0. The zero-order valence-corrected chi connectivity index (χ0v) is 7.99. The zero-order chi connectivity index (χ0) is 9.14. The van der Waals surface area contributed by atoms with Crippen LogP contribution in [-0.2, 0) is 0 Å². The van der Waals surface area contributed by atoms with Gasteiger partial charge in [-0.05, 0) is 24.6 Å². The molecule has 4 heteroatoms. The third-order valence-electron chi connectivity index (χ3n) is 1.39. The van der Waals surface area contributed by atoms with Crippen molar-refractivity contribution in [3.8, 4) is 5.75 Å². The standard InChI is InChI=1S/C8H7BrF2O/c1-5-2-6(9)3-7(11)8(5)12-4-10/h2-3H,4H2,1H3. The van der Waals surface area contributed by atoms with Crippen molar-refractivity contribution in [3.63, 3.8) is 0 Å². The van der Waals surface area contributed by atoms with Crippen LogP contribution >= 0.6 is 15.9 Å². The molecule has 0 aliphatic rings. The van der Waals surface area contributed by atoms with Gasteiger partial charge in [0.1, 0.15) is 0 Å². The van der Waals surface area contributed by atoms with Gasteiger partial charge in [-0.3, -0.25) is 0 Å². The molecule has 0 atom stereocenters. The number of alkyl halides is 1. The van der Waals surface area contributed by atoms with E-state index in [4.69, 9.17) is 0 Å². The summed E-state index contributed by atoms with van der Waals surface area (Å²) in [6, 6.07) is 2.89. The van der Waals surface area contributed by atoms with Crippen molar-refractivity contribution < 1.29 is 13.5 Å². The quantitative estimate of drug-likeness (QED) is 0.767. The van der Waals surface area contributed by atoms with Gasteiger partial charge in [0.2, 0.25) is 6.86 Å². The number of hydrogen-bond donors (Lipinski definition) is 0. The summed E-state index contributed by atoms with van der Waals surface area (Å²) in [5, 5.41) is 0. The van der Waals surface area contributed by atoms with E-state index in [0.29, 0.717) is 10.0 Å². The molecule has 1 rings (SSSR count). The van der Waals surface area contributed by atoms with Crippen LogP contribution in [0.5, 0.6) is 5.75 Å². The van der Waals surface area contributed by atoms with Gasteiger partial charge in [0.25, 0.3) is 0 Å². The number of hydrogen-bond acceptors (Lipinski definition) is 1. The SMILES string of the molecule is Cc1cc(Br)cc(F)c1OCF. The number of halogens is 3. The molecule has 0 saturated heterocycles. The first-order valence-corrected chi connectivity index (χ1v) is 4.09. The minimum Gasteiger partial charge on any atom is -0.460 e. The molecule has 0 amide bonds. The Bertz CT molecular complexity index is 265. The zero-order valence-electron chi connectivity index (χ0n) is 6.40. The van der Waals surface area contributed by atoms with Gasteiger partial charge in [-0.1, -0.05) is 15.9 Å². The van der Waals surface area contributed by atoms with Crippen molar-refractivity contribution in [1.82, 2.24) is 0 Å². The molecule has 12 heavy (non-hydrogen) atoms. The Morgan fingerprint density at radius 2 is 2.17 bits per heavy atom. The van der Waals surface area contributed by atoms with E-state index in [1.54, 1.807) is 13.0 Å². The first-order valence-electron chi connectivity index (χ1n) is 3.29. The van der Waals surface area contributed by atoms with E-state index in [1.165, 1.54) is 6.07 Å². The van der Waals surface area contributed by atoms with E-state index in [9.17, 15) is 8.78 Å². The van der Waals surface area contributed by atoms with Gasteiger partial charge in [-0.2, -0.15) is 0 Å². The van der Waals surface area contributed by atoms with Gasteiger partial charge in [-0.25, -0.2) is 8.78 Å². The van der Waals surface area contributed by atoms with Crippen molar-refractivity contribution in [3.05, 3.63) is 28.0 Å². The Labute approximate surface area is 77.5 Å². The molecular formula is C8H7BrF2O. The molecule has 0 aliphatic carbocycles. The van der Waals surface area contributed by atoms with Gasteiger partial charge < -0.3 is 4.74 Å². The van der Waals surface area contributed by atoms with Crippen molar-refractivity contribution in [1.29, 1.82) is 0 Å². The predicted molar refractivity (Wildman–Crippen MR) is 45.4 cm³/mol. The van der Waals surface area contributed by atoms with Crippen molar-refractivity contribution in [2.75, 3.05) is 6.86 Å². The fraction of sp³-hybridized carbons (Fsp3) is 0.250. The number of aryl methyl sites for hydroxylation is 1. The van der Waals surface area contributed by atoms with Crippen molar-refractivity contribution in [2.45, 2.75) is 6.92 Å². The predicted octanol–water partition coefficient (Wildman–Crippen LogP) is 3.20. The minimum atomic E-state index is -1.01. The maximum atomic E-state index is 13.0. The highest BCUT2D eigenvalue weighted by molar-refractivity contribution is 9.10. The summed E-state index contributed by atoms with van der Waals surface area (Å²) in [6.07, 6.45) is 0. The average Bonchev–Trinajstić information content (AvgIpc) is 1.96. The van der Waals surface area contributed by atoms with Crippen LogP contribution < -0.4 is 4.74 Å². The molecule has 1 aromatic rings. The molecular weight excluding hydrogens is 230 g/mol. The smallest absolute Gasteiger partial charge is 0.228 e. The molecule has 0 radical (unpaired) electrons. The van der Waals surface area contributed by atoms with Crippen LogP contribution in [0.25, 0.3) is 0 Å². The lowest BCUT2D eigenvalue weighted by atomic mass is 10.2. The first kappa shape index (κ1) is 9.45. The lowest BCUT2D eigenvalue weighted by Gasteiger charge is -2.06. The van der Waals surface area contributed by atoms with E-state index in [1.807, 2.05) is 0 Å². The summed E-state index contributed by atoms with van der Waals surface area (Å²) in [4.78, 5) is 0. The Balaban J connectivity index is 3.10. The summed E-state index contributed by atoms with van der Waals surface area (Å²) >= 11 is 3.11. The summed E-state index contributed by atoms with van der Waals surface area (Å²) < 4.78 is 29.8. The molecule has 1 nitrogen and oxygen atoms in total. The van der Waals surface area contributed by atoms with Crippen LogP contribution in [0.3, 0.4) is 0 Å². The van der Waals surface area contributed by atoms with Gasteiger partial charge in [-0.15, -0.1) is 0 Å². The number of ether oxygens (including phenoxy) is 1. The van der Waals surface area contributed by atoms with Gasteiger partial charge in [0.05, 0.1) is 0 Å². The van der Waals surface area contributed by atoms with Crippen LogP contribution in [0.15, 0.2) is 16.6 Å². The molecule has 0 aromatic heterocycles. The summed E-state index contributed by atoms with van der Waals surface area (Å²) in [7, 11) is 0. The second-order valence-corrected chi connectivity index (χ2v) is 3.20. The molecule has 0 bridgehead atoms. The third kappa shape index (κ3) is 1.94. The fourth-order valence-electron chi connectivity index (χ4n) is 0.926. The van der Waals surface area contributed by atoms with Crippen LogP contribution in [0.4, 0.5) is 8.78 Å². The molecule has 0 spiro atoms. The summed E-state index contributed by atoms with van der Waals surface area (Å²) in [6.45, 7) is 0.637. The Kier molecular flexibility index (Phi) is 3.03. The Hall–Kier alpha value is -0.640. The molecule has 0 heterocycles. The molecule has 1 aromatic carbocycles. The highest BCUT2D eigenvalue weighted by Crippen LogP contribution is 2.26. The maximum absolute atomic E-state index is 13.0. The van der Waals surface area contributed by atoms with Crippen LogP contribution in [0, 0.1) is 12.7 Å². The molecule has 66 valence electrons. The van der Waals surface area contributed by atoms with Crippen LogP contribution in [-0.4, -0.2) is 6.86 Å². The number of benzene rings is 1. The van der Waals surface area contributed by atoms with E-state index >= 15 is 0 Å². The lowest BCUT2D eigenvalue weighted by Crippen LogP contribution is -1.96. The largest absolute Gasteiger partial charge is 0.460 e. The maximum Gasteiger partial charge on any atom is 0.228 e. The highest BCUT2D eigenvalue weighted by atomic mass is 79.9. The molecule has 0 fully saturated rings. The summed E-state index contributed by atoms with van der Waals surface area (Å²) in [5.74, 6) is -0.583. The second kappa shape index (κ2) is 3.85. The fourth-order valence-corrected chi connectivity index (χ4v) is 1.47. The first-order chi connectivity index (χ1) is 5.65. The Morgan fingerprint density at radius 1 is 1.50 bits per heavy atom. The lowest BCUT2D eigenvalue weighted by molar-refractivity contribution is 0.183. The van der Waals surface area contributed by atoms with Gasteiger partial charge in [0.15, 0.2) is 11.6 Å². The Morgan fingerprint density at radius 3 is 2.67 bits per heavy atom. The molecule has 0 N–H and O–H groups in total. The highest BCUT2D eigenvalue weighted by Gasteiger charge is 2.07. The van der Waals surface area contributed by atoms with E-state index in [2.05, 4.69) is 20.7 Å². The van der Waals surface area contributed by atoms with Crippen LogP contribution in [0.1, 0.15) is 5.56 Å². The topological polar surface area (TPSA) is 9.23 Å². The molecule has 0 saturated carbocycles. The van der Waals surface area contributed by atoms with Gasteiger partial charge >= 0.3 is 0 Å². The van der Waals surface area contributed by atoms with E-state index in [-0.39, 0.29) is 5.75 Å². The minimum absolute atomic E-state index is 0.0271. The van der Waals surface area contributed by atoms with E-state index < -0.39 is 12.7 Å². The van der Waals surface area contributed by atoms with Crippen molar-refractivity contribution >= 4 is 15.9 Å². The van der Waals surface area contributed by atoms with Crippen LogP contribution in [0.2, 0.25) is 0 Å². The number of rotatable bonds is 2. The monoisotopic (exact) mass is 236 g/mol. The molecule has 0 unspecified atom stereocenters. The average molecular weight is 237 g/mol. The molecule has 0 aliphatic heterocycles. The van der Waals surface area contributed by atoms with E-state index in [0.717, 1.165) is 0 Å². The summed E-state index contributed by atoms with van der Waals surface area (Å²) in [5.41, 5.74) is 0.569. The van der Waals surface area contributed by atoms with Gasteiger partial charge in [0, 0.05) is 4.47 Å².